The first kappa shape index (κ1) is 22.3. The Bertz CT molecular complexity index is 993. The van der Waals surface area contributed by atoms with E-state index in [2.05, 4.69) is 5.32 Å². The van der Waals surface area contributed by atoms with Gasteiger partial charge in [-0.05, 0) is 48.0 Å². The van der Waals surface area contributed by atoms with Crippen molar-refractivity contribution in [3.63, 3.8) is 0 Å². The topological polar surface area (TPSA) is 50.8 Å². The molecular formula is C25H27FN2O3. The molecule has 0 aromatic heterocycles. The summed E-state index contributed by atoms with van der Waals surface area (Å²) in [7, 11) is 4.88. The lowest BCUT2D eigenvalue weighted by atomic mass is 9.98. The van der Waals surface area contributed by atoms with Crippen LogP contribution >= 0.6 is 0 Å². The zero-order chi connectivity index (χ0) is 22.2. The summed E-state index contributed by atoms with van der Waals surface area (Å²) in [5.74, 6) is 0.422. The molecule has 0 aliphatic rings. The predicted octanol–water partition coefficient (Wildman–Crippen LogP) is 4.18. The highest BCUT2D eigenvalue weighted by atomic mass is 19.1. The molecule has 0 fully saturated rings. The fourth-order valence-corrected chi connectivity index (χ4v) is 3.43. The van der Waals surface area contributed by atoms with Gasteiger partial charge in [0, 0.05) is 6.54 Å². The summed E-state index contributed by atoms with van der Waals surface area (Å²) in [4.78, 5) is 14.7. The highest BCUT2D eigenvalue weighted by Crippen LogP contribution is 2.24. The standard InChI is InChI=1S/C25H27FN2O3/c1-28(16-18-9-14-23(31-3)22(26)15-18)17-24(29)27-25(19-7-5-4-6-8-19)20-10-12-21(30-2)13-11-20/h4-15,25H,16-17H2,1-3H3,(H,27,29)/t25-/m0/s1. The molecule has 1 N–H and O–H groups in total. The lowest BCUT2D eigenvalue weighted by Gasteiger charge is -2.22. The van der Waals surface area contributed by atoms with Crippen LogP contribution in [-0.2, 0) is 11.3 Å². The highest BCUT2D eigenvalue weighted by Gasteiger charge is 2.18. The Morgan fingerprint density at radius 3 is 2.26 bits per heavy atom. The van der Waals surface area contributed by atoms with Gasteiger partial charge in [-0.3, -0.25) is 9.69 Å². The number of rotatable bonds is 9. The molecule has 3 rings (SSSR count). The van der Waals surface area contributed by atoms with Gasteiger partial charge in [0.25, 0.3) is 0 Å². The Labute approximate surface area is 182 Å². The fourth-order valence-electron chi connectivity index (χ4n) is 3.43. The number of hydrogen-bond donors (Lipinski definition) is 1. The van der Waals surface area contributed by atoms with Crippen LogP contribution < -0.4 is 14.8 Å². The number of likely N-dealkylation sites (N-methyl/N-ethyl adjacent to an activating group) is 1. The van der Waals surface area contributed by atoms with Crippen LogP contribution in [0.5, 0.6) is 11.5 Å². The molecule has 0 saturated heterocycles. The maximum atomic E-state index is 13.9. The fraction of sp³-hybridized carbons (Fsp3) is 0.240. The number of nitrogens with one attached hydrogen (secondary N) is 1. The summed E-state index contributed by atoms with van der Waals surface area (Å²) in [6.45, 7) is 0.611. The zero-order valence-corrected chi connectivity index (χ0v) is 18.0. The van der Waals surface area contributed by atoms with Crippen molar-refractivity contribution in [2.24, 2.45) is 0 Å². The average Bonchev–Trinajstić information content (AvgIpc) is 2.78. The molecule has 0 spiro atoms. The van der Waals surface area contributed by atoms with E-state index in [1.165, 1.54) is 13.2 Å². The quantitative estimate of drug-likeness (QED) is 0.562. The van der Waals surface area contributed by atoms with E-state index in [9.17, 15) is 9.18 Å². The first-order valence-electron chi connectivity index (χ1n) is 9.99. The number of halogens is 1. The largest absolute Gasteiger partial charge is 0.497 e. The number of nitrogens with zero attached hydrogens (tertiary/aromatic N) is 1. The van der Waals surface area contributed by atoms with Gasteiger partial charge in [0.2, 0.25) is 5.91 Å². The van der Waals surface area contributed by atoms with E-state index in [1.54, 1.807) is 19.2 Å². The van der Waals surface area contributed by atoms with Gasteiger partial charge >= 0.3 is 0 Å². The van der Waals surface area contributed by atoms with Gasteiger partial charge in [0.1, 0.15) is 5.75 Å². The minimum Gasteiger partial charge on any atom is -0.497 e. The second-order valence-electron chi connectivity index (χ2n) is 7.33. The van der Waals surface area contributed by atoms with Crippen LogP contribution in [0.3, 0.4) is 0 Å². The minimum atomic E-state index is -0.415. The number of amides is 1. The monoisotopic (exact) mass is 422 g/mol. The molecule has 0 aliphatic heterocycles. The van der Waals surface area contributed by atoms with Gasteiger partial charge in [0.05, 0.1) is 26.8 Å². The van der Waals surface area contributed by atoms with Gasteiger partial charge in [0.15, 0.2) is 11.6 Å². The third-order valence-corrected chi connectivity index (χ3v) is 4.97. The molecule has 0 heterocycles. The molecule has 1 amide bonds. The predicted molar refractivity (Wildman–Crippen MR) is 119 cm³/mol. The number of carbonyl (C=O) groups is 1. The van der Waals surface area contributed by atoms with Crippen molar-refractivity contribution in [3.8, 4) is 11.5 Å². The van der Waals surface area contributed by atoms with E-state index in [0.29, 0.717) is 6.54 Å². The molecule has 0 saturated carbocycles. The van der Waals surface area contributed by atoms with Crippen molar-refractivity contribution in [2.75, 3.05) is 27.8 Å². The third-order valence-electron chi connectivity index (χ3n) is 4.97. The maximum absolute atomic E-state index is 13.9. The van der Waals surface area contributed by atoms with Crippen molar-refractivity contribution < 1.29 is 18.7 Å². The van der Waals surface area contributed by atoms with Crippen LogP contribution in [0.2, 0.25) is 0 Å². The normalized spacial score (nSPS) is 11.8. The molecule has 0 radical (unpaired) electrons. The average molecular weight is 423 g/mol. The lowest BCUT2D eigenvalue weighted by Crippen LogP contribution is -2.37. The summed E-state index contributed by atoms with van der Waals surface area (Å²) in [5, 5.41) is 3.12. The van der Waals surface area contributed by atoms with Gasteiger partial charge in [-0.2, -0.15) is 0 Å². The number of methoxy groups -OCH3 is 2. The first-order chi connectivity index (χ1) is 15.0. The number of hydrogen-bond acceptors (Lipinski definition) is 4. The second kappa shape index (κ2) is 10.6. The van der Waals surface area contributed by atoms with Gasteiger partial charge in [-0.25, -0.2) is 4.39 Å². The van der Waals surface area contributed by atoms with Gasteiger partial charge in [-0.1, -0.05) is 48.5 Å². The van der Waals surface area contributed by atoms with Crippen LogP contribution in [-0.4, -0.2) is 38.6 Å². The number of benzene rings is 3. The van der Waals surface area contributed by atoms with E-state index in [-0.39, 0.29) is 24.2 Å². The Morgan fingerprint density at radius 1 is 0.968 bits per heavy atom. The molecule has 3 aromatic carbocycles. The number of carbonyl (C=O) groups excluding carboxylic acids is 1. The summed E-state index contributed by atoms with van der Waals surface area (Å²) in [6.07, 6.45) is 0. The second-order valence-corrected chi connectivity index (χ2v) is 7.33. The van der Waals surface area contributed by atoms with Gasteiger partial charge < -0.3 is 14.8 Å². The Kier molecular flexibility index (Phi) is 7.62. The van der Waals surface area contributed by atoms with Crippen molar-refractivity contribution in [2.45, 2.75) is 12.6 Å². The molecule has 5 nitrogen and oxygen atoms in total. The highest BCUT2D eigenvalue weighted by molar-refractivity contribution is 5.79. The van der Waals surface area contributed by atoms with E-state index in [1.807, 2.05) is 66.5 Å². The first-order valence-corrected chi connectivity index (χ1v) is 9.99. The van der Waals surface area contributed by atoms with E-state index < -0.39 is 5.82 Å². The number of ether oxygens (including phenoxy) is 2. The zero-order valence-electron chi connectivity index (χ0n) is 18.0. The van der Waals surface area contributed by atoms with Crippen LogP contribution in [0, 0.1) is 5.82 Å². The van der Waals surface area contributed by atoms with Crippen molar-refractivity contribution in [3.05, 3.63) is 95.3 Å². The van der Waals surface area contributed by atoms with E-state index in [4.69, 9.17) is 9.47 Å². The minimum absolute atomic E-state index is 0.124. The van der Waals surface area contributed by atoms with Crippen LogP contribution in [0.15, 0.2) is 72.8 Å². The molecule has 3 aromatic rings. The molecule has 31 heavy (non-hydrogen) atoms. The van der Waals surface area contributed by atoms with E-state index in [0.717, 1.165) is 22.4 Å². The summed E-state index contributed by atoms with van der Waals surface area (Å²) in [5.41, 5.74) is 2.71. The molecule has 1 atom stereocenters. The molecular weight excluding hydrogens is 395 g/mol. The Hall–Kier alpha value is -3.38. The van der Waals surface area contributed by atoms with E-state index >= 15 is 0 Å². The van der Waals surface area contributed by atoms with Crippen molar-refractivity contribution in [1.29, 1.82) is 0 Å². The molecule has 162 valence electrons. The van der Waals surface area contributed by atoms with Crippen LogP contribution in [0.25, 0.3) is 0 Å². The molecule has 6 heteroatoms. The summed E-state index contributed by atoms with van der Waals surface area (Å²) < 4.78 is 24.1. The van der Waals surface area contributed by atoms with Crippen LogP contribution in [0.1, 0.15) is 22.7 Å². The van der Waals surface area contributed by atoms with Crippen LogP contribution in [0.4, 0.5) is 4.39 Å². The molecule has 0 bridgehead atoms. The summed E-state index contributed by atoms with van der Waals surface area (Å²) >= 11 is 0. The Balaban J connectivity index is 1.69. The smallest absolute Gasteiger partial charge is 0.234 e. The van der Waals surface area contributed by atoms with Gasteiger partial charge in [-0.15, -0.1) is 0 Å². The molecule has 0 unspecified atom stereocenters. The SMILES string of the molecule is COc1ccc([C@@H](NC(=O)CN(C)Cc2ccc(OC)c(F)c2)c2ccccc2)cc1. The van der Waals surface area contributed by atoms with Crippen molar-refractivity contribution >= 4 is 5.91 Å². The third kappa shape index (κ3) is 6.06. The maximum Gasteiger partial charge on any atom is 0.234 e. The lowest BCUT2D eigenvalue weighted by molar-refractivity contribution is -0.122. The Morgan fingerprint density at radius 2 is 1.65 bits per heavy atom. The van der Waals surface area contributed by atoms with Crippen molar-refractivity contribution in [1.82, 2.24) is 10.2 Å². The molecule has 0 aliphatic carbocycles. The summed E-state index contributed by atoms with van der Waals surface area (Å²) in [6, 6.07) is 22.0.